The van der Waals surface area contributed by atoms with E-state index in [4.69, 9.17) is 21.1 Å². The summed E-state index contributed by atoms with van der Waals surface area (Å²) in [6, 6.07) is 20.1. The van der Waals surface area contributed by atoms with Gasteiger partial charge in [0.1, 0.15) is 12.2 Å². The lowest BCUT2D eigenvalue weighted by Crippen LogP contribution is -2.35. The zero-order chi connectivity index (χ0) is 22.7. The Morgan fingerprint density at radius 1 is 1.03 bits per heavy atom. The molecule has 1 aliphatic heterocycles. The number of hydrogen-bond acceptors (Lipinski definition) is 4. The number of para-hydroxylation sites is 1. The van der Waals surface area contributed by atoms with E-state index in [1.807, 2.05) is 37.3 Å². The number of rotatable bonds is 6. The molecular formula is C25H21ClN2O4. The average Bonchev–Trinajstić information content (AvgIpc) is 3.07. The molecule has 162 valence electrons. The van der Waals surface area contributed by atoms with Gasteiger partial charge >= 0.3 is 0 Å². The predicted octanol–water partition coefficient (Wildman–Crippen LogP) is 4.70. The highest BCUT2D eigenvalue weighted by molar-refractivity contribution is 6.32. The Morgan fingerprint density at radius 3 is 2.53 bits per heavy atom. The van der Waals surface area contributed by atoms with Gasteiger partial charge in [0.15, 0.2) is 11.5 Å². The second kappa shape index (κ2) is 9.16. The van der Waals surface area contributed by atoms with Gasteiger partial charge in [-0.2, -0.15) is 0 Å². The first-order valence-corrected chi connectivity index (χ1v) is 10.3. The lowest BCUT2D eigenvalue weighted by atomic mass is 10.1. The molecule has 1 fully saturated rings. The van der Waals surface area contributed by atoms with Crippen LogP contribution in [0.25, 0.3) is 6.08 Å². The van der Waals surface area contributed by atoms with Crippen LogP contribution in [0.15, 0.2) is 72.3 Å². The molecule has 3 aromatic carbocycles. The van der Waals surface area contributed by atoms with Gasteiger partial charge < -0.3 is 9.47 Å². The third-order valence-corrected chi connectivity index (χ3v) is 5.16. The predicted molar refractivity (Wildman–Crippen MR) is 124 cm³/mol. The summed E-state index contributed by atoms with van der Waals surface area (Å²) < 4.78 is 11.5. The summed E-state index contributed by atoms with van der Waals surface area (Å²) in [4.78, 5) is 25.6. The maximum Gasteiger partial charge on any atom is 0.282 e. The molecule has 7 heteroatoms. The van der Waals surface area contributed by atoms with E-state index in [0.29, 0.717) is 27.8 Å². The zero-order valence-electron chi connectivity index (χ0n) is 17.6. The molecule has 1 heterocycles. The van der Waals surface area contributed by atoms with Crippen molar-refractivity contribution in [3.8, 4) is 11.5 Å². The molecule has 1 aliphatic rings. The molecule has 32 heavy (non-hydrogen) atoms. The van der Waals surface area contributed by atoms with E-state index in [1.54, 1.807) is 36.4 Å². The second-order valence-corrected chi connectivity index (χ2v) is 7.72. The van der Waals surface area contributed by atoms with Crippen molar-refractivity contribution >= 4 is 35.2 Å². The first-order valence-electron chi connectivity index (χ1n) is 9.94. The van der Waals surface area contributed by atoms with Crippen molar-refractivity contribution in [3.05, 3.63) is 94.0 Å². The van der Waals surface area contributed by atoms with Gasteiger partial charge in [0.2, 0.25) is 0 Å². The number of carbonyl (C=O) groups excluding carboxylic acids is 2. The highest BCUT2D eigenvalue weighted by Gasteiger charge is 2.34. The van der Waals surface area contributed by atoms with Crippen LogP contribution < -0.4 is 19.9 Å². The fourth-order valence-corrected chi connectivity index (χ4v) is 3.65. The van der Waals surface area contributed by atoms with E-state index >= 15 is 0 Å². The molecule has 0 aromatic heterocycles. The van der Waals surface area contributed by atoms with E-state index in [9.17, 15) is 9.59 Å². The Balaban J connectivity index is 1.69. The summed E-state index contributed by atoms with van der Waals surface area (Å²) in [6.45, 7) is 2.29. The van der Waals surface area contributed by atoms with E-state index in [0.717, 1.165) is 11.1 Å². The topological polar surface area (TPSA) is 67.9 Å². The molecule has 0 saturated carbocycles. The van der Waals surface area contributed by atoms with Crippen LogP contribution in [0.4, 0.5) is 5.69 Å². The minimum absolute atomic E-state index is 0.0291. The van der Waals surface area contributed by atoms with E-state index in [2.05, 4.69) is 5.43 Å². The minimum Gasteiger partial charge on any atom is -0.493 e. The van der Waals surface area contributed by atoms with Crippen LogP contribution in [0, 0.1) is 6.92 Å². The van der Waals surface area contributed by atoms with Crippen molar-refractivity contribution in [1.82, 2.24) is 5.43 Å². The van der Waals surface area contributed by atoms with Gasteiger partial charge in [0.25, 0.3) is 11.8 Å². The van der Waals surface area contributed by atoms with Crippen LogP contribution >= 0.6 is 11.6 Å². The number of halogens is 1. The van der Waals surface area contributed by atoms with Crippen molar-refractivity contribution in [1.29, 1.82) is 0 Å². The minimum atomic E-state index is -0.512. The number of nitrogens with one attached hydrogen (secondary N) is 1. The molecule has 6 nitrogen and oxygen atoms in total. The number of aryl methyl sites for hydroxylation is 1. The monoisotopic (exact) mass is 448 g/mol. The van der Waals surface area contributed by atoms with Gasteiger partial charge in [-0.1, -0.05) is 59.6 Å². The van der Waals surface area contributed by atoms with Crippen LogP contribution in [-0.2, 0) is 16.2 Å². The SMILES string of the molecule is COc1cc(Cl)cc(C=C2C(=O)NN(c3ccccc3)C2=O)c1OCc1cccc(C)c1. The van der Waals surface area contributed by atoms with Gasteiger partial charge in [-0.05, 0) is 36.8 Å². The molecular weight excluding hydrogens is 428 g/mol. The van der Waals surface area contributed by atoms with Crippen LogP contribution in [0.1, 0.15) is 16.7 Å². The number of anilines is 1. The van der Waals surface area contributed by atoms with Gasteiger partial charge in [0.05, 0.1) is 12.8 Å². The number of amides is 2. The molecule has 0 bridgehead atoms. The first kappa shape index (κ1) is 21.5. The van der Waals surface area contributed by atoms with Gasteiger partial charge in [-0.15, -0.1) is 0 Å². The Morgan fingerprint density at radius 2 is 1.81 bits per heavy atom. The molecule has 3 aromatic rings. The lowest BCUT2D eigenvalue weighted by molar-refractivity contribution is -0.117. The molecule has 1 saturated heterocycles. The molecule has 0 radical (unpaired) electrons. The van der Waals surface area contributed by atoms with Crippen LogP contribution in [0.2, 0.25) is 5.02 Å². The zero-order valence-corrected chi connectivity index (χ0v) is 18.3. The highest BCUT2D eigenvalue weighted by Crippen LogP contribution is 2.37. The third kappa shape index (κ3) is 4.45. The first-order chi connectivity index (χ1) is 15.5. The molecule has 0 atom stereocenters. The van der Waals surface area contributed by atoms with Gasteiger partial charge in [0, 0.05) is 16.7 Å². The Labute approximate surface area is 191 Å². The third-order valence-electron chi connectivity index (χ3n) is 4.94. The van der Waals surface area contributed by atoms with Gasteiger partial charge in [-0.25, -0.2) is 5.01 Å². The Hall–Kier alpha value is -3.77. The number of hydrogen-bond donors (Lipinski definition) is 1. The van der Waals surface area contributed by atoms with Crippen molar-refractivity contribution in [2.24, 2.45) is 0 Å². The average molecular weight is 449 g/mol. The van der Waals surface area contributed by atoms with Crippen molar-refractivity contribution in [2.75, 3.05) is 12.1 Å². The quantitative estimate of drug-likeness (QED) is 0.438. The number of methoxy groups -OCH3 is 1. The number of benzene rings is 3. The molecule has 0 spiro atoms. The summed E-state index contributed by atoms with van der Waals surface area (Å²) >= 11 is 6.26. The lowest BCUT2D eigenvalue weighted by Gasteiger charge is -2.15. The largest absolute Gasteiger partial charge is 0.493 e. The molecule has 0 unspecified atom stereocenters. The summed E-state index contributed by atoms with van der Waals surface area (Å²) in [5.41, 5.74) is 5.68. The Bertz CT molecular complexity index is 1210. The Kier molecular flexibility index (Phi) is 6.14. The van der Waals surface area contributed by atoms with Crippen LogP contribution in [-0.4, -0.2) is 18.9 Å². The normalized spacial score (nSPS) is 14.6. The molecule has 4 rings (SSSR count). The molecule has 0 aliphatic carbocycles. The fraction of sp³-hybridized carbons (Fsp3) is 0.120. The smallest absolute Gasteiger partial charge is 0.282 e. The van der Waals surface area contributed by atoms with E-state index < -0.39 is 11.8 Å². The van der Waals surface area contributed by atoms with Crippen molar-refractivity contribution in [3.63, 3.8) is 0 Å². The summed E-state index contributed by atoms with van der Waals surface area (Å²) in [6.07, 6.45) is 1.47. The van der Waals surface area contributed by atoms with Crippen LogP contribution in [0.5, 0.6) is 11.5 Å². The number of ether oxygens (including phenoxy) is 2. The number of carbonyl (C=O) groups is 2. The van der Waals surface area contributed by atoms with Crippen molar-refractivity contribution < 1.29 is 19.1 Å². The van der Waals surface area contributed by atoms with E-state index in [-0.39, 0.29) is 12.2 Å². The number of hydrazine groups is 1. The highest BCUT2D eigenvalue weighted by atomic mass is 35.5. The maximum atomic E-state index is 13.0. The fourth-order valence-electron chi connectivity index (χ4n) is 3.43. The maximum absolute atomic E-state index is 13.0. The standard InChI is InChI=1S/C25H21ClN2O4/c1-16-7-6-8-17(11-16)15-32-23-18(12-19(26)14-22(23)31-2)13-21-24(29)27-28(25(21)30)20-9-4-3-5-10-20/h3-14H,15H2,1-2H3,(H,27,29). The summed E-state index contributed by atoms with van der Waals surface area (Å²) in [7, 11) is 1.51. The number of nitrogens with zero attached hydrogens (tertiary/aromatic N) is 1. The summed E-state index contributed by atoms with van der Waals surface area (Å²) in [5.74, 6) is -0.181. The van der Waals surface area contributed by atoms with Gasteiger partial charge in [-0.3, -0.25) is 15.0 Å². The van der Waals surface area contributed by atoms with Crippen LogP contribution in [0.3, 0.4) is 0 Å². The second-order valence-electron chi connectivity index (χ2n) is 7.28. The van der Waals surface area contributed by atoms with Crippen molar-refractivity contribution in [2.45, 2.75) is 13.5 Å². The summed E-state index contributed by atoms with van der Waals surface area (Å²) in [5, 5.41) is 1.60. The molecule has 1 N–H and O–H groups in total. The molecule has 2 amide bonds. The van der Waals surface area contributed by atoms with E-state index in [1.165, 1.54) is 18.2 Å².